The van der Waals surface area contributed by atoms with Crippen LogP contribution in [-0.4, -0.2) is 57.3 Å². The zero-order chi connectivity index (χ0) is 24.2. The van der Waals surface area contributed by atoms with E-state index in [1.165, 1.54) is 10.8 Å². The molecule has 2 heterocycles. The first-order chi connectivity index (χ1) is 17.1. The summed E-state index contributed by atoms with van der Waals surface area (Å²) in [7, 11) is 1.63. The highest BCUT2D eigenvalue weighted by atomic mass is 16.5. The van der Waals surface area contributed by atoms with E-state index in [0.717, 1.165) is 66.1 Å². The lowest BCUT2D eigenvalue weighted by molar-refractivity contribution is -0.116. The van der Waals surface area contributed by atoms with Gasteiger partial charge in [0.1, 0.15) is 11.3 Å². The first-order valence-electron chi connectivity index (χ1n) is 12.0. The number of amides is 1. The molecule has 1 aromatic heterocycles. The summed E-state index contributed by atoms with van der Waals surface area (Å²) in [5.41, 5.74) is 4.57. The molecular formula is C29H30N2O4. The van der Waals surface area contributed by atoms with Crippen molar-refractivity contribution in [1.29, 1.82) is 0 Å². The molecule has 5 rings (SSSR count). The summed E-state index contributed by atoms with van der Waals surface area (Å²) in [6.45, 7) is 6.68. The van der Waals surface area contributed by atoms with Gasteiger partial charge in [0, 0.05) is 54.8 Å². The molecule has 0 bridgehead atoms. The molecule has 1 aliphatic rings. The molecule has 0 atom stereocenters. The van der Waals surface area contributed by atoms with E-state index in [-0.39, 0.29) is 5.91 Å². The number of ether oxygens (including phenoxy) is 2. The van der Waals surface area contributed by atoms with Crippen LogP contribution in [0.5, 0.6) is 5.75 Å². The molecule has 1 aliphatic heterocycles. The van der Waals surface area contributed by atoms with Crippen molar-refractivity contribution in [3.63, 3.8) is 0 Å². The predicted molar refractivity (Wildman–Crippen MR) is 140 cm³/mol. The molecule has 3 aromatic carbocycles. The molecule has 4 aromatic rings. The summed E-state index contributed by atoms with van der Waals surface area (Å²) in [5, 5.41) is 6.33. The minimum absolute atomic E-state index is 0.112. The third kappa shape index (κ3) is 4.94. The minimum Gasteiger partial charge on any atom is -0.496 e. The highest BCUT2D eigenvalue weighted by Crippen LogP contribution is 2.39. The SMILES string of the molecule is COc1cc2occ(-c3cccc4ccccc34)c2cc1/C(C)=C/C(=O)NCCN1CCOCC1. The fraction of sp³-hybridized carbons (Fsp3) is 0.276. The minimum atomic E-state index is -0.112. The van der Waals surface area contributed by atoms with E-state index in [9.17, 15) is 4.79 Å². The Kier molecular flexibility index (Phi) is 6.84. The zero-order valence-electron chi connectivity index (χ0n) is 20.2. The van der Waals surface area contributed by atoms with Gasteiger partial charge in [-0.1, -0.05) is 42.5 Å². The third-order valence-electron chi connectivity index (χ3n) is 6.58. The van der Waals surface area contributed by atoms with Gasteiger partial charge in [-0.25, -0.2) is 0 Å². The third-order valence-corrected chi connectivity index (χ3v) is 6.58. The van der Waals surface area contributed by atoms with Gasteiger partial charge in [0.15, 0.2) is 0 Å². The largest absolute Gasteiger partial charge is 0.496 e. The molecule has 0 aliphatic carbocycles. The van der Waals surface area contributed by atoms with Gasteiger partial charge in [-0.2, -0.15) is 0 Å². The molecule has 0 saturated carbocycles. The van der Waals surface area contributed by atoms with Gasteiger partial charge in [0.2, 0.25) is 5.91 Å². The van der Waals surface area contributed by atoms with Crippen LogP contribution in [0.15, 0.2) is 71.4 Å². The number of morpholine rings is 1. The zero-order valence-corrected chi connectivity index (χ0v) is 20.2. The van der Waals surface area contributed by atoms with Crippen LogP contribution >= 0.6 is 0 Å². The summed E-state index contributed by atoms with van der Waals surface area (Å²) < 4.78 is 17.0. The topological polar surface area (TPSA) is 63.9 Å². The average Bonchev–Trinajstić information content (AvgIpc) is 3.30. The Morgan fingerprint density at radius 3 is 2.69 bits per heavy atom. The van der Waals surface area contributed by atoms with E-state index in [4.69, 9.17) is 13.9 Å². The van der Waals surface area contributed by atoms with Crippen molar-refractivity contribution >= 4 is 33.2 Å². The molecule has 35 heavy (non-hydrogen) atoms. The van der Waals surface area contributed by atoms with Crippen LogP contribution in [0.25, 0.3) is 38.4 Å². The fourth-order valence-electron chi connectivity index (χ4n) is 4.69. The number of carbonyl (C=O) groups excluding carboxylic acids is 1. The lowest BCUT2D eigenvalue weighted by Gasteiger charge is -2.26. The molecule has 1 amide bonds. The van der Waals surface area contributed by atoms with Crippen LogP contribution in [0, 0.1) is 0 Å². The summed E-state index contributed by atoms with van der Waals surface area (Å²) in [5.74, 6) is 0.561. The smallest absolute Gasteiger partial charge is 0.244 e. The standard InChI is InChI=1S/C29H30N2O4/c1-20(16-29(32)30-10-11-31-12-14-34-15-13-31)24-17-25-26(19-35-28(25)18-27(24)33-2)23-9-5-7-21-6-3-4-8-22(21)23/h3-9,16-19H,10-15H2,1-2H3,(H,30,32)/b20-16+. The maximum Gasteiger partial charge on any atom is 0.244 e. The molecule has 180 valence electrons. The van der Waals surface area contributed by atoms with E-state index >= 15 is 0 Å². The van der Waals surface area contributed by atoms with Gasteiger partial charge >= 0.3 is 0 Å². The molecule has 0 unspecified atom stereocenters. The lowest BCUT2D eigenvalue weighted by atomic mass is 9.96. The molecule has 0 spiro atoms. The van der Waals surface area contributed by atoms with Crippen LogP contribution in [0.4, 0.5) is 0 Å². The Labute approximate surface area is 205 Å². The van der Waals surface area contributed by atoms with Gasteiger partial charge in [-0.3, -0.25) is 9.69 Å². The van der Waals surface area contributed by atoms with Crippen LogP contribution in [-0.2, 0) is 9.53 Å². The fourth-order valence-corrected chi connectivity index (χ4v) is 4.69. The maximum absolute atomic E-state index is 12.6. The Hall–Kier alpha value is -3.61. The van der Waals surface area contributed by atoms with Crippen LogP contribution in [0.1, 0.15) is 12.5 Å². The van der Waals surface area contributed by atoms with Crippen molar-refractivity contribution in [3.05, 3.63) is 72.5 Å². The number of benzene rings is 3. The Morgan fingerprint density at radius 1 is 1.06 bits per heavy atom. The number of hydrogen-bond donors (Lipinski definition) is 1. The average molecular weight is 471 g/mol. The molecule has 6 nitrogen and oxygen atoms in total. The lowest BCUT2D eigenvalue weighted by Crippen LogP contribution is -2.41. The highest BCUT2D eigenvalue weighted by molar-refractivity contribution is 6.06. The summed E-state index contributed by atoms with van der Waals surface area (Å²) in [6, 6.07) is 18.6. The van der Waals surface area contributed by atoms with Crippen molar-refractivity contribution in [3.8, 4) is 16.9 Å². The monoisotopic (exact) mass is 470 g/mol. The molecule has 0 radical (unpaired) electrons. The number of furan rings is 1. The van der Waals surface area contributed by atoms with Crippen LogP contribution < -0.4 is 10.1 Å². The molecule has 1 N–H and O–H groups in total. The quantitative estimate of drug-likeness (QED) is 0.380. The van der Waals surface area contributed by atoms with E-state index in [1.54, 1.807) is 19.4 Å². The van der Waals surface area contributed by atoms with Crippen molar-refractivity contribution in [2.45, 2.75) is 6.92 Å². The number of rotatable bonds is 7. The van der Waals surface area contributed by atoms with Gasteiger partial charge in [0.25, 0.3) is 0 Å². The van der Waals surface area contributed by atoms with Crippen LogP contribution in [0.2, 0.25) is 0 Å². The van der Waals surface area contributed by atoms with Gasteiger partial charge in [-0.05, 0) is 34.9 Å². The predicted octanol–water partition coefficient (Wildman–Crippen LogP) is 5.11. The molecule has 1 fully saturated rings. The number of nitrogens with one attached hydrogen (secondary N) is 1. The van der Waals surface area contributed by atoms with E-state index < -0.39 is 0 Å². The Balaban J connectivity index is 1.42. The molecule has 1 saturated heterocycles. The Bertz CT molecular complexity index is 1380. The number of nitrogens with zero attached hydrogens (tertiary/aromatic N) is 1. The summed E-state index contributed by atoms with van der Waals surface area (Å²) >= 11 is 0. The Morgan fingerprint density at radius 2 is 1.86 bits per heavy atom. The first-order valence-corrected chi connectivity index (χ1v) is 12.0. The number of allylic oxidation sites excluding steroid dienone is 1. The van der Waals surface area contributed by atoms with Crippen molar-refractivity contribution in [2.24, 2.45) is 0 Å². The van der Waals surface area contributed by atoms with E-state index in [1.807, 2.05) is 25.1 Å². The van der Waals surface area contributed by atoms with Crippen molar-refractivity contribution < 1.29 is 18.7 Å². The van der Waals surface area contributed by atoms with Crippen molar-refractivity contribution in [2.75, 3.05) is 46.5 Å². The van der Waals surface area contributed by atoms with Crippen LogP contribution in [0.3, 0.4) is 0 Å². The first kappa shape index (κ1) is 23.1. The number of hydrogen-bond acceptors (Lipinski definition) is 5. The molecular weight excluding hydrogens is 440 g/mol. The second-order valence-corrected chi connectivity index (χ2v) is 8.80. The maximum atomic E-state index is 12.6. The van der Waals surface area contributed by atoms with E-state index in [0.29, 0.717) is 12.3 Å². The number of methoxy groups -OCH3 is 1. The van der Waals surface area contributed by atoms with Crippen molar-refractivity contribution in [1.82, 2.24) is 10.2 Å². The van der Waals surface area contributed by atoms with Gasteiger partial charge < -0.3 is 19.2 Å². The molecule has 6 heteroatoms. The van der Waals surface area contributed by atoms with Gasteiger partial charge in [-0.15, -0.1) is 0 Å². The summed E-state index contributed by atoms with van der Waals surface area (Å²) in [4.78, 5) is 14.9. The highest BCUT2D eigenvalue weighted by Gasteiger charge is 2.16. The van der Waals surface area contributed by atoms with E-state index in [2.05, 4.69) is 46.6 Å². The second-order valence-electron chi connectivity index (χ2n) is 8.80. The normalized spacial score (nSPS) is 15.0. The summed E-state index contributed by atoms with van der Waals surface area (Å²) in [6.07, 6.45) is 3.44. The second kappa shape index (κ2) is 10.3. The number of carbonyl (C=O) groups is 1. The number of fused-ring (bicyclic) bond motifs is 2. The van der Waals surface area contributed by atoms with Gasteiger partial charge in [0.05, 0.1) is 26.6 Å².